The van der Waals surface area contributed by atoms with Crippen molar-refractivity contribution < 1.29 is 9.47 Å². The summed E-state index contributed by atoms with van der Waals surface area (Å²) >= 11 is 13.0. The number of methoxy groups -OCH3 is 1. The van der Waals surface area contributed by atoms with Gasteiger partial charge in [0.25, 0.3) is 0 Å². The fraction of sp³-hybridized carbons (Fsp3) is 0.200. The first-order chi connectivity index (χ1) is 9.63. The van der Waals surface area contributed by atoms with Gasteiger partial charge in [0.15, 0.2) is 0 Å². The highest BCUT2D eigenvalue weighted by Crippen LogP contribution is 2.29. The van der Waals surface area contributed by atoms with Crippen molar-refractivity contribution in [1.82, 2.24) is 0 Å². The van der Waals surface area contributed by atoms with Gasteiger partial charge in [0.1, 0.15) is 18.1 Å². The van der Waals surface area contributed by atoms with E-state index in [2.05, 4.69) is 31.9 Å². The number of halogens is 3. The first-order valence-electron chi connectivity index (χ1n) is 5.93. The molecule has 0 amide bonds. The van der Waals surface area contributed by atoms with Crippen molar-refractivity contribution in [2.45, 2.75) is 11.9 Å². The zero-order valence-electron chi connectivity index (χ0n) is 10.8. The maximum absolute atomic E-state index is 6.19. The van der Waals surface area contributed by atoms with E-state index < -0.39 is 0 Å². The molecule has 0 saturated heterocycles. The lowest BCUT2D eigenvalue weighted by molar-refractivity contribution is 0.296. The summed E-state index contributed by atoms with van der Waals surface area (Å²) in [4.78, 5) is 0. The topological polar surface area (TPSA) is 18.5 Å². The molecule has 0 fully saturated rings. The highest BCUT2D eigenvalue weighted by atomic mass is 79.9. The van der Waals surface area contributed by atoms with Gasteiger partial charge in [0.05, 0.1) is 12.1 Å². The van der Waals surface area contributed by atoms with Crippen molar-refractivity contribution >= 4 is 43.5 Å². The molecule has 2 aromatic carbocycles. The van der Waals surface area contributed by atoms with E-state index in [4.69, 9.17) is 21.1 Å². The average Bonchev–Trinajstić information content (AvgIpc) is 2.46. The second-order valence-electron chi connectivity index (χ2n) is 4.14. The van der Waals surface area contributed by atoms with Crippen molar-refractivity contribution in [3.05, 3.63) is 57.0 Å². The predicted molar refractivity (Wildman–Crippen MR) is 89.1 cm³/mol. The van der Waals surface area contributed by atoms with Crippen LogP contribution in [0.1, 0.15) is 11.1 Å². The van der Waals surface area contributed by atoms with Crippen LogP contribution >= 0.6 is 43.5 Å². The zero-order valence-corrected chi connectivity index (χ0v) is 14.8. The molecule has 0 aliphatic heterocycles. The lowest BCUT2D eigenvalue weighted by Gasteiger charge is -2.12. The van der Waals surface area contributed by atoms with Gasteiger partial charge in [-0.1, -0.05) is 49.5 Å². The lowest BCUT2D eigenvalue weighted by Crippen LogP contribution is -1.99. The Morgan fingerprint density at radius 2 is 1.85 bits per heavy atom. The molecule has 2 aromatic rings. The van der Waals surface area contributed by atoms with E-state index in [-0.39, 0.29) is 0 Å². The molecule has 0 aliphatic rings. The molecule has 0 spiro atoms. The summed E-state index contributed by atoms with van der Waals surface area (Å²) in [6.45, 7) is 0.399. The van der Waals surface area contributed by atoms with Crippen LogP contribution < -0.4 is 9.47 Å². The number of hydrogen-bond donors (Lipinski definition) is 0. The molecule has 2 rings (SSSR count). The second-order valence-corrected chi connectivity index (χ2v) is 6.03. The van der Waals surface area contributed by atoms with E-state index in [1.807, 2.05) is 36.4 Å². The van der Waals surface area contributed by atoms with Gasteiger partial charge in [-0.2, -0.15) is 0 Å². The van der Waals surface area contributed by atoms with Crippen LogP contribution in [0.3, 0.4) is 0 Å². The molecule has 0 radical (unpaired) electrons. The van der Waals surface area contributed by atoms with Crippen LogP contribution in [0.15, 0.2) is 40.9 Å². The van der Waals surface area contributed by atoms with Crippen LogP contribution in [-0.4, -0.2) is 7.11 Å². The first kappa shape index (κ1) is 15.7. The summed E-state index contributed by atoms with van der Waals surface area (Å²) < 4.78 is 12.1. The van der Waals surface area contributed by atoms with Crippen molar-refractivity contribution in [2.24, 2.45) is 0 Å². The molecule has 106 valence electrons. The fourth-order valence-corrected chi connectivity index (χ4v) is 2.77. The third kappa shape index (κ3) is 3.90. The second kappa shape index (κ2) is 7.34. The van der Waals surface area contributed by atoms with E-state index in [0.717, 1.165) is 26.7 Å². The predicted octanol–water partition coefficient (Wildman–Crippen LogP) is 5.59. The fourth-order valence-electron chi connectivity index (χ4n) is 1.76. The summed E-state index contributed by atoms with van der Waals surface area (Å²) in [7, 11) is 1.64. The number of benzene rings is 2. The standard InChI is InChI=1S/C15H13Br2ClO2/c1-19-14-5-3-12(17)7-11(14)9-20-15-4-2-10(8-16)6-13(15)18/h2-7H,8-9H2,1H3. The van der Waals surface area contributed by atoms with Gasteiger partial charge in [-0.15, -0.1) is 0 Å². The Balaban J connectivity index is 2.14. The van der Waals surface area contributed by atoms with Gasteiger partial charge < -0.3 is 9.47 Å². The van der Waals surface area contributed by atoms with Crippen molar-refractivity contribution in [3.63, 3.8) is 0 Å². The van der Waals surface area contributed by atoms with Crippen LogP contribution in [-0.2, 0) is 11.9 Å². The maximum atomic E-state index is 6.19. The third-order valence-corrected chi connectivity index (χ3v) is 4.21. The lowest BCUT2D eigenvalue weighted by atomic mass is 10.2. The summed E-state index contributed by atoms with van der Waals surface area (Å²) in [6.07, 6.45) is 0. The van der Waals surface area contributed by atoms with E-state index in [1.165, 1.54) is 0 Å². The molecule has 2 nitrogen and oxygen atoms in total. The van der Waals surface area contributed by atoms with Gasteiger partial charge in [-0.3, -0.25) is 0 Å². The Bertz CT molecular complexity index is 602. The maximum Gasteiger partial charge on any atom is 0.138 e. The molecule has 0 unspecified atom stereocenters. The van der Waals surface area contributed by atoms with Crippen molar-refractivity contribution in [1.29, 1.82) is 0 Å². The van der Waals surface area contributed by atoms with Crippen molar-refractivity contribution in [2.75, 3.05) is 7.11 Å². The van der Waals surface area contributed by atoms with Crippen LogP contribution in [0.5, 0.6) is 11.5 Å². The van der Waals surface area contributed by atoms with Gasteiger partial charge >= 0.3 is 0 Å². The minimum atomic E-state index is 0.399. The Labute approximate surface area is 140 Å². The van der Waals surface area contributed by atoms with Gasteiger partial charge in [-0.05, 0) is 35.9 Å². The van der Waals surface area contributed by atoms with Crippen LogP contribution in [0.2, 0.25) is 5.02 Å². The number of alkyl halides is 1. The van der Waals surface area contributed by atoms with E-state index in [0.29, 0.717) is 17.4 Å². The number of rotatable bonds is 5. The first-order valence-corrected chi connectivity index (χ1v) is 8.23. The van der Waals surface area contributed by atoms with E-state index >= 15 is 0 Å². The summed E-state index contributed by atoms with van der Waals surface area (Å²) in [5.41, 5.74) is 2.07. The molecular weight excluding hydrogens is 407 g/mol. The molecule has 5 heteroatoms. The highest BCUT2D eigenvalue weighted by molar-refractivity contribution is 9.10. The Morgan fingerprint density at radius 3 is 2.50 bits per heavy atom. The van der Waals surface area contributed by atoms with E-state index in [9.17, 15) is 0 Å². The quantitative estimate of drug-likeness (QED) is 0.588. The largest absolute Gasteiger partial charge is 0.496 e. The molecular formula is C15H13Br2ClO2. The Morgan fingerprint density at radius 1 is 1.10 bits per heavy atom. The molecule has 20 heavy (non-hydrogen) atoms. The molecule has 0 saturated carbocycles. The minimum Gasteiger partial charge on any atom is -0.496 e. The monoisotopic (exact) mass is 418 g/mol. The minimum absolute atomic E-state index is 0.399. The molecule has 0 aromatic heterocycles. The third-order valence-electron chi connectivity index (χ3n) is 2.78. The molecule has 0 heterocycles. The van der Waals surface area contributed by atoms with Crippen LogP contribution in [0, 0.1) is 0 Å². The summed E-state index contributed by atoms with van der Waals surface area (Å²) in [5.74, 6) is 1.46. The summed E-state index contributed by atoms with van der Waals surface area (Å²) in [6, 6.07) is 11.6. The molecule has 0 aliphatic carbocycles. The average molecular weight is 421 g/mol. The SMILES string of the molecule is COc1ccc(Br)cc1COc1ccc(CBr)cc1Cl. The molecule has 0 N–H and O–H groups in total. The smallest absolute Gasteiger partial charge is 0.138 e. The van der Waals surface area contributed by atoms with Gasteiger partial charge in [-0.25, -0.2) is 0 Å². The Kier molecular flexibility index (Phi) is 5.75. The Hall–Kier alpha value is -0.710. The molecule has 0 bridgehead atoms. The highest BCUT2D eigenvalue weighted by Gasteiger charge is 2.07. The normalized spacial score (nSPS) is 10.4. The summed E-state index contributed by atoms with van der Waals surface area (Å²) in [5, 5.41) is 1.38. The van der Waals surface area contributed by atoms with Crippen LogP contribution in [0.25, 0.3) is 0 Å². The number of ether oxygens (including phenoxy) is 2. The van der Waals surface area contributed by atoms with Crippen LogP contribution in [0.4, 0.5) is 0 Å². The van der Waals surface area contributed by atoms with Gasteiger partial charge in [0, 0.05) is 15.4 Å². The zero-order chi connectivity index (χ0) is 14.5. The molecule has 0 atom stereocenters. The number of hydrogen-bond acceptors (Lipinski definition) is 2. The van der Waals surface area contributed by atoms with E-state index in [1.54, 1.807) is 7.11 Å². The van der Waals surface area contributed by atoms with Gasteiger partial charge in [0.2, 0.25) is 0 Å². The van der Waals surface area contributed by atoms with Crippen molar-refractivity contribution in [3.8, 4) is 11.5 Å².